The molecule has 0 aliphatic heterocycles. The van der Waals surface area contributed by atoms with Crippen molar-refractivity contribution in [3.8, 4) is 0 Å². The van der Waals surface area contributed by atoms with Crippen LogP contribution >= 0.6 is 7.52 Å². The molecule has 34 heavy (non-hydrogen) atoms. The monoisotopic (exact) mass is 500 g/mol. The second-order valence-electron chi connectivity index (χ2n) is 9.21. The number of anilines is 1. The van der Waals surface area contributed by atoms with Crippen LogP contribution < -0.4 is 10.8 Å². The fourth-order valence-electron chi connectivity index (χ4n) is 2.90. The maximum atomic E-state index is 13.7. The number of carbonyl (C=O) groups excluding carboxylic acids is 1. The van der Waals surface area contributed by atoms with Gasteiger partial charge in [0.25, 0.3) is 7.52 Å². The van der Waals surface area contributed by atoms with Gasteiger partial charge < -0.3 is 24.9 Å². The van der Waals surface area contributed by atoms with E-state index in [0.29, 0.717) is 11.2 Å². The Morgan fingerprint density at radius 3 is 2.44 bits per heavy atom. The molecule has 0 saturated heterocycles. The molecule has 190 valence electrons. The molecule has 0 spiro atoms. The summed E-state index contributed by atoms with van der Waals surface area (Å²) in [6.45, 7) is 10.8. The lowest BCUT2D eigenvalue weighted by molar-refractivity contribution is -0.163. The van der Waals surface area contributed by atoms with Crippen LogP contribution in [0.15, 0.2) is 12.7 Å². The highest BCUT2D eigenvalue weighted by atomic mass is 31.2. The summed E-state index contributed by atoms with van der Waals surface area (Å²) in [6, 6.07) is 0. The van der Waals surface area contributed by atoms with Crippen LogP contribution in [0.1, 0.15) is 48.5 Å². The maximum absolute atomic E-state index is 13.7. The molecule has 4 N–H and O–H groups in total. The van der Waals surface area contributed by atoms with Gasteiger partial charge in [-0.3, -0.25) is 13.9 Å². The average molecular weight is 500 g/mol. The first-order valence-corrected chi connectivity index (χ1v) is 12.4. The molecule has 0 aromatic carbocycles. The summed E-state index contributed by atoms with van der Waals surface area (Å²) >= 11 is 0. The zero-order chi connectivity index (χ0) is 25.9. The Bertz CT molecular complexity index is 1080. The van der Waals surface area contributed by atoms with Gasteiger partial charge in [0, 0.05) is 0 Å². The average Bonchev–Trinajstić information content (AvgIpc) is 3.09. The number of carboxylic acids is 1. The fraction of sp³-hybridized carbons (Fsp3) is 0.650. The molecular formula is C20H33N6O7P. The van der Waals surface area contributed by atoms with Crippen molar-refractivity contribution >= 4 is 36.4 Å². The summed E-state index contributed by atoms with van der Waals surface area (Å²) in [6.07, 6.45) is 1.40. The van der Waals surface area contributed by atoms with Crippen molar-refractivity contribution in [2.75, 3.05) is 12.1 Å². The number of esters is 1. The molecule has 0 radical (unpaired) electrons. The molecular weight excluding hydrogens is 467 g/mol. The lowest BCUT2D eigenvalue weighted by Gasteiger charge is -2.34. The van der Waals surface area contributed by atoms with Gasteiger partial charge in [0.2, 0.25) is 0 Å². The molecule has 0 amide bonds. The number of nitrogens with zero attached hydrogens (tertiary/aromatic N) is 4. The Morgan fingerprint density at radius 1 is 1.21 bits per heavy atom. The summed E-state index contributed by atoms with van der Waals surface area (Å²) < 4.78 is 32.0. The van der Waals surface area contributed by atoms with E-state index in [0.717, 1.165) is 0 Å². The first kappa shape index (κ1) is 27.6. The molecule has 2 aromatic rings. The van der Waals surface area contributed by atoms with E-state index in [1.807, 2.05) is 0 Å². The number of aromatic nitrogens is 4. The number of rotatable bonds is 12. The largest absolute Gasteiger partial charge is 0.480 e. The van der Waals surface area contributed by atoms with Gasteiger partial charge in [0.15, 0.2) is 17.1 Å². The van der Waals surface area contributed by atoms with Gasteiger partial charge in [-0.05, 0) is 48.5 Å². The van der Waals surface area contributed by atoms with E-state index in [1.165, 1.54) is 40.3 Å². The standard InChI is InChI=1S/C20H33N6O7P/c1-12(2)32-18(29)20(6,7)33-34(30,25-19(4,5)17(27)28)11-31-13(3)8-26-10-24-14-15(21)22-9-23-16(14)26/h9-10,12-13H,8,11H2,1-7H3,(H,25,30)(H,27,28)(H2,21,22,23)/t13-,34?/m1/s1. The molecule has 13 nitrogen and oxygen atoms in total. The third-order valence-electron chi connectivity index (χ3n) is 4.61. The normalized spacial score (nSPS) is 15.3. The van der Waals surface area contributed by atoms with Gasteiger partial charge in [-0.25, -0.2) is 24.8 Å². The number of fused-ring (bicyclic) bond motifs is 1. The Labute approximate surface area is 197 Å². The first-order chi connectivity index (χ1) is 15.6. The number of ether oxygens (including phenoxy) is 2. The van der Waals surface area contributed by atoms with Gasteiger partial charge in [0.1, 0.15) is 23.7 Å². The topological polar surface area (TPSA) is 181 Å². The van der Waals surface area contributed by atoms with Gasteiger partial charge >= 0.3 is 11.9 Å². The molecule has 1 unspecified atom stereocenters. The second kappa shape index (κ2) is 10.3. The number of nitrogens with one attached hydrogen (secondary N) is 1. The number of carboxylic acid groups (broad SMARTS) is 1. The maximum Gasteiger partial charge on any atom is 0.338 e. The number of carbonyl (C=O) groups is 2. The lowest BCUT2D eigenvalue weighted by atomic mass is 10.1. The van der Waals surface area contributed by atoms with Crippen LogP contribution in [-0.2, 0) is 34.7 Å². The van der Waals surface area contributed by atoms with E-state index in [9.17, 15) is 19.3 Å². The zero-order valence-electron chi connectivity index (χ0n) is 20.4. The lowest BCUT2D eigenvalue weighted by Crippen LogP contribution is -2.48. The van der Waals surface area contributed by atoms with Gasteiger partial charge in [0.05, 0.1) is 25.1 Å². The molecule has 0 aliphatic rings. The van der Waals surface area contributed by atoms with Gasteiger partial charge in [-0.1, -0.05) is 0 Å². The van der Waals surface area contributed by atoms with E-state index in [2.05, 4.69) is 20.0 Å². The Morgan fingerprint density at radius 2 is 1.85 bits per heavy atom. The van der Waals surface area contributed by atoms with Crippen LogP contribution in [0.5, 0.6) is 0 Å². The molecule has 0 fully saturated rings. The van der Waals surface area contributed by atoms with E-state index >= 15 is 0 Å². The van der Waals surface area contributed by atoms with Crippen molar-refractivity contribution in [3.05, 3.63) is 12.7 Å². The van der Waals surface area contributed by atoms with Crippen molar-refractivity contribution < 1.29 is 33.3 Å². The SMILES string of the molecule is CC(C)OC(=O)C(C)(C)OP(=O)(CO[C@H](C)Cn1cnc2c(N)ncnc21)NC(C)(C)C(=O)O. The Hall–Kier alpha value is -2.60. The van der Waals surface area contributed by atoms with Gasteiger partial charge in [-0.15, -0.1) is 0 Å². The number of nitrogens with two attached hydrogens (primary N) is 1. The summed E-state index contributed by atoms with van der Waals surface area (Å²) in [7, 11) is -4.04. The van der Waals surface area contributed by atoms with E-state index in [-0.39, 0.29) is 12.4 Å². The van der Waals surface area contributed by atoms with E-state index in [1.54, 1.807) is 25.3 Å². The van der Waals surface area contributed by atoms with Crippen LogP contribution in [0.4, 0.5) is 5.82 Å². The van der Waals surface area contributed by atoms with Crippen LogP contribution in [0.3, 0.4) is 0 Å². The Kier molecular flexibility index (Phi) is 8.41. The van der Waals surface area contributed by atoms with Crippen LogP contribution in [0.2, 0.25) is 0 Å². The van der Waals surface area contributed by atoms with Crippen molar-refractivity contribution in [2.45, 2.75) is 78.4 Å². The first-order valence-electron chi connectivity index (χ1n) is 10.6. The summed E-state index contributed by atoms with van der Waals surface area (Å²) in [4.78, 5) is 36.4. The highest BCUT2D eigenvalue weighted by molar-refractivity contribution is 7.56. The van der Waals surface area contributed by atoms with E-state index < -0.39 is 49.2 Å². The van der Waals surface area contributed by atoms with Crippen molar-refractivity contribution in [3.63, 3.8) is 0 Å². The third kappa shape index (κ3) is 6.95. The Balaban J connectivity index is 2.20. The molecule has 2 atom stereocenters. The number of hydrogen-bond donors (Lipinski definition) is 3. The van der Waals surface area contributed by atoms with Crippen molar-refractivity contribution in [1.82, 2.24) is 24.6 Å². The zero-order valence-corrected chi connectivity index (χ0v) is 21.3. The summed E-state index contributed by atoms with van der Waals surface area (Å²) in [5.41, 5.74) is 3.49. The molecule has 0 saturated carbocycles. The minimum absolute atomic E-state index is 0.242. The molecule has 2 rings (SSSR count). The minimum Gasteiger partial charge on any atom is -0.480 e. The van der Waals surface area contributed by atoms with Crippen molar-refractivity contribution in [2.24, 2.45) is 0 Å². The molecule has 2 aromatic heterocycles. The van der Waals surface area contributed by atoms with Gasteiger partial charge in [-0.2, -0.15) is 0 Å². The predicted molar refractivity (Wildman–Crippen MR) is 124 cm³/mol. The second-order valence-corrected chi connectivity index (χ2v) is 11.2. The number of hydrogen-bond acceptors (Lipinski definition) is 10. The smallest absolute Gasteiger partial charge is 0.338 e. The molecule has 0 bridgehead atoms. The quantitative estimate of drug-likeness (QED) is 0.286. The fourth-order valence-corrected chi connectivity index (χ4v) is 5.28. The van der Waals surface area contributed by atoms with Crippen LogP contribution in [0, 0.1) is 0 Å². The number of imidazole rings is 1. The van der Waals surface area contributed by atoms with Crippen molar-refractivity contribution in [1.29, 1.82) is 0 Å². The molecule has 2 heterocycles. The third-order valence-corrected chi connectivity index (χ3v) is 6.75. The highest BCUT2D eigenvalue weighted by Gasteiger charge is 2.44. The molecule has 14 heteroatoms. The summed E-state index contributed by atoms with van der Waals surface area (Å²) in [5, 5.41) is 12.0. The van der Waals surface area contributed by atoms with E-state index in [4.69, 9.17) is 19.7 Å². The predicted octanol–water partition coefficient (Wildman–Crippen LogP) is 2.16. The summed E-state index contributed by atoms with van der Waals surface area (Å²) in [5.74, 6) is -1.76. The minimum atomic E-state index is -4.04. The van der Waals surface area contributed by atoms with Crippen LogP contribution in [-0.4, -0.2) is 66.3 Å². The number of aliphatic carboxylic acids is 1. The van der Waals surface area contributed by atoms with Crippen LogP contribution in [0.25, 0.3) is 11.2 Å². The highest BCUT2D eigenvalue weighted by Crippen LogP contribution is 2.49. The number of nitrogen functional groups attached to an aromatic ring is 1. The molecule has 0 aliphatic carbocycles.